The molecule has 1 aliphatic heterocycles. The first-order chi connectivity index (χ1) is 14.0. The summed E-state index contributed by atoms with van der Waals surface area (Å²) in [6, 6.07) is 16.6. The highest BCUT2D eigenvalue weighted by Gasteiger charge is 2.35. The fraction of sp³-hybridized carbons (Fsp3) is 0.333. The Kier molecular flexibility index (Phi) is 5.14. The molecule has 1 aromatic heterocycles. The number of nitrogens with zero attached hydrogens (tertiary/aromatic N) is 1. The molecule has 0 saturated carbocycles. The summed E-state index contributed by atoms with van der Waals surface area (Å²) >= 11 is 0. The van der Waals surface area contributed by atoms with Gasteiger partial charge < -0.3 is 15.0 Å². The van der Waals surface area contributed by atoms with E-state index >= 15 is 0 Å². The first-order valence-corrected chi connectivity index (χ1v) is 10.1. The van der Waals surface area contributed by atoms with Crippen molar-refractivity contribution in [1.29, 1.82) is 0 Å². The Morgan fingerprint density at radius 2 is 2.03 bits per heavy atom. The molecule has 2 N–H and O–H groups in total. The summed E-state index contributed by atoms with van der Waals surface area (Å²) in [7, 11) is 0. The number of aromatic amines is 1. The topological polar surface area (TPSA) is 66.5 Å². The minimum Gasteiger partial charge on any atom is -0.465 e. The van der Waals surface area contributed by atoms with Crippen molar-refractivity contribution in [3.8, 4) is 0 Å². The van der Waals surface area contributed by atoms with E-state index in [1.54, 1.807) is 6.21 Å². The van der Waals surface area contributed by atoms with Gasteiger partial charge in [-0.1, -0.05) is 44.2 Å². The number of hydrogen-bond donors (Lipinski definition) is 2. The number of H-pyrrole nitrogens is 1. The third kappa shape index (κ3) is 3.77. The van der Waals surface area contributed by atoms with E-state index in [0.29, 0.717) is 13.2 Å². The molecule has 5 heteroatoms. The maximum atomic E-state index is 12.6. The van der Waals surface area contributed by atoms with Crippen LogP contribution in [0, 0.1) is 0 Å². The largest absolute Gasteiger partial charge is 0.465 e. The lowest BCUT2D eigenvalue weighted by Gasteiger charge is -2.23. The number of fused-ring (bicyclic) bond motifs is 3. The van der Waals surface area contributed by atoms with Crippen LogP contribution in [0.4, 0.5) is 5.69 Å². The van der Waals surface area contributed by atoms with Gasteiger partial charge in [0.25, 0.3) is 0 Å². The van der Waals surface area contributed by atoms with Crippen LogP contribution in [0.25, 0.3) is 10.9 Å². The van der Waals surface area contributed by atoms with E-state index in [9.17, 15) is 4.79 Å². The summed E-state index contributed by atoms with van der Waals surface area (Å²) in [5, 5.41) is 4.64. The average molecular weight is 389 g/mol. The number of carbonyl (C=O) groups is 1. The zero-order chi connectivity index (χ0) is 20.4. The van der Waals surface area contributed by atoms with Crippen LogP contribution in [0.3, 0.4) is 0 Å². The number of anilines is 1. The molecule has 0 amide bonds. The number of esters is 1. The Morgan fingerprint density at radius 1 is 1.24 bits per heavy atom. The van der Waals surface area contributed by atoms with Gasteiger partial charge in [-0.25, -0.2) is 0 Å². The van der Waals surface area contributed by atoms with Gasteiger partial charge in [0.1, 0.15) is 5.92 Å². The summed E-state index contributed by atoms with van der Waals surface area (Å²) in [6.45, 7) is 7.92. The summed E-state index contributed by atoms with van der Waals surface area (Å²) in [6.07, 6.45) is 1.73. The molecular formula is C24H27N3O2. The Hall–Kier alpha value is -3.08. The highest BCUT2D eigenvalue weighted by molar-refractivity contribution is 6.00. The maximum absolute atomic E-state index is 12.6. The van der Waals surface area contributed by atoms with Crippen molar-refractivity contribution in [3.63, 3.8) is 0 Å². The highest BCUT2D eigenvalue weighted by Crippen LogP contribution is 2.40. The van der Waals surface area contributed by atoms with Crippen LogP contribution in [0.15, 0.2) is 53.5 Å². The molecule has 1 aliphatic rings. The first kappa shape index (κ1) is 19.2. The maximum Gasteiger partial charge on any atom is 0.320 e. The summed E-state index contributed by atoms with van der Waals surface area (Å²) in [5.41, 5.74) is 5.16. The molecule has 4 rings (SSSR count). The van der Waals surface area contributed by atoms with Crippen LogP contribution in [0.5, 0.6) is 0 Å². The highest BCUT2D eigenvalue weighted by atomic mass is 16.5. The molecule has 2 aromatic carbocycles. The molecule has 29 heavy (non-hydrogen) atoms. The Morgan fingerprint density at radius 3 is 2.79 bits per heavy atom. The van der Waals surface area contributed by atoms with Crippen molar-refractivity contribution in [1.82, 2.24) is 4.98 Å². The van der Waals surface area contributed by atoms with E-state index in [0.717, 1.165) is 34.4 Å². The zero-order valence-corrected chi connectivity index (χ0v) is 17.2. The third-order valence-corrected chi connectivity index (χ3v) is 5.44. The smallest absolute Gasteiger partial charge is 0.320 e. The minimum absolute atomic E-state index is 0.191. The van der Waals surface area contributed by atoms with E-state index in [-0.39, 0.29) is 11.4 Å². The van der Waals surface area contributed by atoms with Crippen LogP contribution >= 0.6 is 0 Å². The predicted molar refractivity (Wildman–Crippen MR) is 118 cm³/mol. The van der Waals surface area contributed by atoms with Gasteiger partial charge in [-0.05, 0) is 36.2 Å². The molecule has 0 saturated heterocycles. The van der Waals surface area contributed by atoms with Gasteiger partial charge >= 0.3 is 5.97 Å². The zero-order valence-electron chi connectivity index (χ0n) is 17.2. The fourth-order valence-corrected chi connectivity index (χ4v) is 4.04. The molecule has 5 nitrogen and oxygen atoms in total. The monoisotopic (exact) mass is 389 g/mol. The lowest BCUT2D eigenvalue weighted by atomic mass is 9.81. The molecule has 0 spiro atoms. The molecule has 0 radical (unpaired) electrons. The van der Waals surface area contributed by atoms with Crippen molar-refractivity contribution in [2.24, 2.45) is 4.99 Å². The average Bonchev–Trinajstić information content (AvgIpc) is 3.03. The quantitative estimate of drug-likeness (QED) is 0.617. The van der Waals surface area contributed by atoms with Gasteiger partial charge in [-0.2, -0.15) is 0 Å². The summed E-state index contributed by atoms with van der Waals surface area (Å²) in [5.74, 6) is -0.760. The van der Waals surface area contributed by atoms with E-state index < -0.39 is 5.92 Å². The predicted octanol–water partition coefficient (Wildman–Crippen LogP) is 4.79. The number of hydrogen-bond acceptors (Lipinski definition) is 4. The van der Waals surface area contributed by atoms with E-state index in [4.69, 9.17) is 4.74 Å². The Balaban J connectivity index is 1.74. The lowest BCUT2D eigenvalue weighted by molar-refractivity contribution is -0.143. The normalized spacial score (nSPS) is 17.6. The Bertz CT molecular complexity index is 1050. The standard InChI is InChI=1S/C24H27N3O2/c1-4-29-23(28)19-14-25-15-24(2,3)21-18-12-17(10-11-20(18)27-22(19)21)26-13-16-8-6-5-7-9-16/h5-12,14,19,26-27H,4,13,15H2,1-3H3. The van der Waals surface area contributed by atoms with Crippen molar-refractivity contribution < 1.29 is 9.53 Å². The molecule has 3 aromatic rings. The number of aromatic nitrogens is 1. The first-order valence-electron chi connectivity index (χ1n) is 10.1. The van der Waals surface area contributed by atoms with Gasteiger partial charge in [-0.3, -0.25) is 9.79 Å². The molecule has 150 valence electrons. The Labute approximate surface area is 171 Å². The minimum atomic E-state index is -0.500. The molecular weight excluding hydrogens is 362 g/mol. The second-order valence-corrected chi connectivity index (χ2v) is 8.12. The van der Waals surface area contributed by atoms with Crippen LogP contribution in [0.1, 0.15) is 43.5 Å². The van der Waals surface area contributed by atoms with Crippen molar-refractivity contribution in [2.75, 3.05) is 18.5 Å². The number of nitrogens with one attached hydrogen (secondary N) is 2. The van der Waals surface area contributed by atoms with Crippen LogP contribution < -0.4 is 5.32 Å². The van der Waals surface area contributed by atoms with Crippen molar-refractivity contribution in [2.45, 2.75) is 38.6 Å². The number of ether oxygens (including phenoxy) is 1. The number of aliphatic imine (C=N–C) groups is 1. The lowest BCUT2D eigenvalue weighted by Crippen LogP contribution is -2.23. The van der Waals surface area contributed by atoms with Gasteiger partial charge in [0.15, 0.2) is 0 Å². The van der Waals surface area contributed by atoms with Gasteiger partial charge in [-0.15, -0.1) is 0 Å². The SMILES string of the molecule is CCOC(=O)C1C=NCC(C)(C)c2c1[nH]c1ccc(NCc3ccccc3)cc21. The molecule has 0 bridgehead atoms. The second kappa shape index (κ2) is 7.74. The number of benzene rings is 2. The van der Waals surface area contributed by atoms with Crippen LogP contribution in [-0.4, -0.2) is 30.3 Å². The van der Waals surface area contributed by atoms with Crippen LogP contribution in [0.2, 0.25) is 0 Å². The van der Waals surface area contributed by atoms with Gasteiger partial charge in [0, 0.05) is 47.0 Å². The molecule has 2 heterocycles. The summed E-state index contributed by atoms with van der Waals surface area (Å²) in [4.78, 5) is 20.6. The van der Waals surface area contributed by atoms with Crippen LogP contribution in [-0.2, 0) is 21.5 Å². The van der Waals surface area contributed by atoms with Crippen molar-refractivity contribution in [3.05, 3.63) is 65.4 Å². The van der Waals surface area contributed by atoms with E-state index in [1.807, 2.05) is 25.1 Å². The molecule has 0 fully saturated rings. The third-order valence-electron chi connectivity index (χ3n) is 5.44. The van der Waals surface area contributed by atoms with Gasteiger partial charge in [0.05, 0.1) is 6.61 Å². The molecule has 1 unspecified atom stereocenters. The van der Waals surface area contributed by atoms with E-state index in [2.05, 4.69) is 59.5 Å². The van der Waals surface area contributed by atoms with Gasteiger partial charge in [0.2, 0.25) is 0 Å². The number of rotatable bonds is 5. The fourth-order valence-electron chi connectivity index (χ4n) is 4.04. The second-order valence-electron chi connectivity index (χ2n) is 8.12. The molecule has 1 atom stereocenters. The molecule has 0 aliphatic carbocycles. The number of carbonyl (C=O) groups excluding carboxylic acids is 1. The van der Waals surface area contributed by atoms with E-state index in [1.165, 1.54) is 5.56 Å². The summed E-state index contributed by atoms with van der Waals surface area (Å²) < 4.78 is 5.31. The van der Waals surface area contributed by atoms with Crippen molar-refractivity contribution >= 4 is 28.8 Å².